The average molecular weight is 385 g/mol. The van der Waals surface area contributed by atoms with Crippen LogP contribution in [0.2, 0.25) is 0 Å². The van der Waals surface area contributed by atoms with Crippen molar-refractivity contribution in [1.82, 2.24) is 9.97 Å². The van der Waals surface area contributed by atoms with Gasteiger partial charge in [0.2, 0.25) is 5.71 Å². The number of rotatable bonds is 4. The maximum absolute atomic E-state index is 9.77. The summed E-state index contributed by atoms with van der Waals surface area (Å²) in [5.74, 6) is 1.58. The molecule has 0 bridgehead atoms. The van der Waals surface area contributed by atoms with Crippen LogP contribution in [0.3, 0.4) is 0 Å². The summed E-state index contributed by atoms with van der Waals surface area (Å²) in [7, 11) is 0. The Morgan fingerprint density at radius 2 is 1.82 bits per heavy atom. The Hall–Kier alpha value is -3.64. The first-order chi connectivity index (χ1) is 13.8. The molecule has 0 fully saturated rings. The molecule has 0 aliphatic rings. The lowest BCUT2D eigenvalue weighted by atomic mass is 10.1. The first-order valence-corrected chi connectivity index (χ1v) is 9.60. The Labute approximate surface area is 165 Å². The largest absolute Gasteiger partial charge is 0.508 e. The first kappa shape index (κ1) is 16.5. The van der Waals surface area contributed by atoms with Crippen LogP contribution in [0.25, 0.3) is 32.9 Å². The summed E-state index contributed by atoms with van der Waals surface area (Å²) in [6.07, 6.45) is 1.48. The maximum atomic E-state index is 9.77. The van der Waals surface area contributed by atoms with E-state index in [0.29, 0.717) is 11.5 Å². The minimum atomic E-state index is 0.186. The molecule has 3 aromatic heterocycles. The lowest BCUT2D eigenvalue weighted by Crippen LogP contribution is -1.95. The molecule has 0 atom stereocenters. The van der Waals surface area contributed by atoms with Crippen LogP contribution in [-0.4, -0.2) is 15.1 Å². The molecule has 28 heavy (non-hydrogen) atoms. The molecule has 0 unspecified atom stereocenters. The van der Waals surface area contributed by atoms with E-state index in [2.05, 4.69) is 21.4 Å². The topological polar surface area (TPSA) is 71.2 Å². The summed E-state index contributed by atoms with van der Waals surface area (Å²) in [5, 5.41) is 15.9. The molecule has 0 saturated carbocycles. The van der Waals surface area contributed by atoms with Gasteiger partial charge in [0.15, 0.2) is 0 Å². The van der Waals surface area contributed by atoms with Crippen LogP contribution in [0.1, 0.15) is 0 Å². The number of thiophene rings is 1. The molecule has 0 aliphatic heterocycles. The highest BCUT2D eigenvalue weighted by molar-refractivity contribution is 7.13. The molecule has 0 aliphatic carbocycles. The van der Waals surface area contributed by atoms with Crippen molar-refractivity contribution < 1.29 is 9.52 Å². The van der Waals surface area contributed by atoms with Gasteiger partial charge in [-0.25, -0.2) is 9.97 Å². The first-order valence-electron chi connectivity index (χ1n) is 8.72. The fourth-order valence-electron chi connectivity index (χ4n) is 3.20. The van der Waals surface area contributed by atoms with Crippen LogP contribution in [-0.2, 0) is 0 Å². The molecule has 0 spiro atoms. The Kier molecular flexibility index (Phi) is 4.03. The van der Waals surface area contributed by atoms with Crippen LogP contribution in [0, 0.1) is 0 Å². The van der Waals surface area contributed by atoms with Gasteiger partial charge in [-0.05, 0) is 23.6 Å². The number of nitrogens with one attached hydrogen (secondary N) is 1. The summed E-state index contributed by atoms with van der Waals surface area (Å²) in [6.45, 7) is 0. The standard InChI is InChI=1S/C22H15N3O2S/c26-16-9-4-8-15(12-16)25-21-19-18(17-10-5-11-28-17)20(14-6-2-1-3-7-14)27-22(19)24-13-23-21/h1-13,26H,(H,23,24,25). The van der Waals surface area contributed by atoms with Crippen molar-refractivity contribution in [2.75, 3.05) is 5.32 Å². The maximum Gasteiger partial charge on any atom is 0.232 e. The Balaban J connectivity index is 1.76. The van der Waals surface area contributed by atoms with E-state index in [-0.39, 0.29) is 5.75 Å². The van der Waals surface area contributed by atoms with Crippen LogP contribution in [0.5, 0.6) is 5.75 Å². The van der Waals surface area contributed by atoms with Gasteiger partial charge in [0.1, 0.15) is 23.7 Å². The number of hydrogen-bond donors (Lipinski definition) is 2. The molecule has 5 nitrogen and oxygen atoms in total. The summed E-state index contributed by atoms with van der Waals surface area (Å²) in [4.78, 5) is 9.88. The van der Waals surface area contributed by atoms with Crippen LogP contribution >= 0.6 is 11.3 Å². The fraction of sp³-hybridized carbons (Fsp3) is 0. The van der Waals surface area contributed by atoms with Crippen molar-refractivity contribution in [3.8, 4) is 27.5 Å². The second-order valence-electron chi connectivity index (χ2n) is 6.23. The highest BCUT2D eigenvalue weighted by Crippen LogP contribution is 2.44. The van der Waals surface area contributed by atoms with E-state index in [1.807, 2.05) is 47.8 Å². The van der Waals surface area contributed by atoms with Gasteiger partial charge >= 0.3 is 0 Å². The zero-order valence-corrected chi connectivity index (χ0v) is 15.5. The van der Waals surface area contributed by atoms with Crippen molar-refractivity contribution in [2.45, 2.75) is 0 Å². The van der Waals surface area contributed by atoms with Gasteiger partial charge in [-0.15, -0.1) is 11.3 Å². The molecule has 5 aromatic rings. The van der Waals surface area contributed by atoms with Crippen LogP contribution in [0.4, 0.5) is 11.5 Å². The van der Waals surface area contributed by atoms with E-state index in [0.717, 1.165) is 32.8 Å². The van der Waals surface area contributed by atoms with Crippen molar-refractivity contribution in [1.29, 1.82) is 0 Å². The molecule has 3 heterocycles. The normalized spacial score (nSPS) is 11.0. The Morgan fingerprint density at radius 3 is 2.61 bits per heavy atom. The van der Waals surface area contributed by atoms with E-state index in [4.69, 9.17) is 4.42 Å². The highest BCUT2D eigenvalue weighted by atomic mass is 32.1. The van der Waals surface area contributed by atoms with E-state index >= 15 is 0 Å². The molecule has 5 rings (SSSR count). The highest BCUT2D eigenvalue weighted by Gasteiger charge is 2.22. The molecule has 0 amide bonds. The molecule has 136 valence electrons. The Bertz CT molecular complexity index is 1250. The van der Waals surface area contributed by atoms with E-state index in [1.54, 1.807) is 29.5 Å². The summed E-state index contributed by atoms with van der Waals surface area (Å²) >= 11 is 1.64. The van der Waals surface area contributed by atoms with Gasteiger partial charge in [0.05, 0.1) is 10.9 Å². The third-order valence-electron chi connectivity index (χ3n) is 4.40. The molecular formula is C22H15N3O2S. The van der Waals surface area contributed by atoms with E-state index < -0.39 is 0 Å². The van der Waals surface area contributed by atoms with Gasteiger partial charge in [0.25, 0.3) is 0 Å². The number of benzene rings is 2. The number of anilines is 2. The smallest absolute Gasteiger partial charge is 0.232 e. The molecular weight excluding hydrogens is 370 g/mol. The lowest BCUT2D eigenvalue weighted by Gasteiger charge is -2.08. The molecule has 2 N–H and O–H groups in total. The average Bonchev–Trinajstić information content (AvgIpc) is 3.36. The van der Waals surface area contributed by atoms with Crippen molar-refractivity contribution in [2.24, 2.45) is 0 Å². The number of aromatic nitrogens is 2. The van der Waals surface area contributed by atoms with Gasteiger partial charge < -0.3 is 14.8 Å². The summed E-state index contributed by atoms with van der Waals surface area (Å²) < 4.78 is 6.18. The van der Waals surface area contributed by atoms with Crippen LogP contribution in [0.15, 0.2) is 82.9 Å². The van der Waals surface area contributed by atoms with E-state index in [9.17, 15) is 5.11 Å². The minimum absolute atomic E-state index is 0.186. The monoisotopic (exact) mass is 385 g/mol. The second-order valence-corrected chi connectivity index (χ2v) is 7.17. The fourth-order valence-corrected chi connectivity index (χ4v) is 3.97. The number of nitrogens with zero attached hydrogens (tertiary/aromatic N) is 2. The number of fused-ring (bicyclic) bond motifs is 1. The third-order valence-corrected chi connectivity index (χ3v) is 5.29. The Morgan fingerprint density at radius 1 is 0.929 bits per heavy atom. The van der Waals surface area contributed by atoms with Crippen LogP contribution < -0.4 is 5.32 Å². The van der Waals surface area contributed by atoms with Gasteiger partial charge in [-0.1, -0.05) is 42.5 Å². The minimum Gasteiger partial charge on any atom is -0.508 e. The quantitative estimate of drug-likeness (QED) is 0.393. The predicted molar refractivity (Wildman–Crippen MR) is 112 cm³/mol. The van der Waals surface area contributed by atoms with Gasteiger partial charge in [0, 0.05) is 22.2 Å². The number of furan rings is 1. The summed E-state index contributed by atoms with van der Waals surface area (Å²) in [6, 6.07) is 21.0. The van der Waals surface area contributed by atoms with E-state index in [1.165, 1.54) is 6.33 Å². The molecule has 0 radical (unpaired) electrons. The zero-order chi connectivity index (χ0) is 18.9. The SMILES string of the molecule is Oc1cccc(Nc2ncnc3oc(-c4ccccc4)c(-c4cccs4)c23)c1. The third kappa shape index (κ3) is 2.90. The number of phenolic OH excluding ortho intramolecular Hbond substituents is 1. The molecule has 0 saturated heterocycles. The summed E-state index contributed by atoms with van der Waals surface area (Å²) in [5.41, 5.74) is 3.19. The second kappa shape index (κ2) is 6.83. The number of phenols is 1. The van der Waals surface area contributed by atoms with Gasteiger partial charge in [-0.2, -0.15) is 0 Å². The zero-order valence-electron chi connectivity index (χ0n) is 14.7. The lowest BCUT2D eigenvalue weighted by molar-refractivity contribution is 0.475. The van der Waals surface area contributed by atoms with Gasteiger partial charge in [-0.3, -0.25) is 0 Å². The molecule has 2 aromatic carbocycles. The van der Waals surface area contributed by atoms with Crippen molar-refractivity contribution in [3.05, 3.63) is 78.4 Å². The molecule has 6 heteroatoms. The van der Waals surface area contributed by atoms with Crippen molar-refractivity contribution >= 4 is 33.9 Å². The van der Waals surface area contributed by atoms with Crippen molar-refractivity contribution in [3.63, 3.8) is 0 Å². The number of aromatic hydroxyl groups is 1. The predicted octanol–water partition coefficient (Wildman–Crippen LogP) is 6.07. The number of hydrogen-bond acceptors (Lipinski definition) is 6.